The van der Waals surface area contributed by atoms with E-state index in [2.05, 4.69) is 13.8 Å². The predicted octanol–water partition coefficient (Wildman–Crippen LogP) is 2.62. The van der Waals surface area contributed by atoms with Crippen LogP contribution in [-0.4, -0.2) is 24.8 Å². The van der Waals surface area contributed by atoms with Crippen LogP contribution in [0.1, 0.15) is 46.5 Å². The second-order valence-electron chi connectivity index (χ2n) is 5.21. The summed E-state index contributed by atoms with van der Waals surface area (Å²) >= 11 is 0. The van der Waals surface area contributed by atoms with Crippen LogP contribution in [-0.2, 0) is 14.3 Å². The van der Waals surface area contributed by atoms with Gasteiger partial charge in [-0.25, -0.2) is 0 Å². The van der Waals surface area contributed by atoms with Crippen molar-refractivity contribution in [3.8, 4) is 0 Å². The molecule has 0 amide bonds. The predicted molar refractivity (Wildman–Crippen MR) is 66.8 cm³/mol. The summed E-state index contributed by atoms with van der Waals surface area (Å²) < 4.78 is 5.17. The van der Waals surface area contributed by atoms with Gasteiger partial charge in [0.25, 0.3) is 0 Å². The Morgan fingerprint density at radius 3 is 2.76 bits per heavy atom. The minimum absolute atomic E-state index is 0.0776. The lowest BCUT2D eigenvalue weighted by Gasteiger charge is -2.29. The number of hydrogen-bond donors (Lipinski definition) is 0. The number of ketones is 2. The van der Waals surface area contributed by atoms with Gasteiger partial charge >= 0.3 is 0 Å². The Labute approximate surface area is 104 Å². The summed E-state index contributed by atoms with van der Waals surface area (Å²) in [5, 5.41) is 0. The third-order valence-electron chi connectivity index (χ3n) is 3.72. The first-order chi connectivity index (χ1) is 8.06. The van der Waals surface area contributed by atoms with Crippen LogP contribution in [0.5, 0.6) is 0 Å². The molecule has 3 heteroatoms. The molecule has 1 saturated carbocycles. The zero-order valence-electron chi connectivity index (χ0n) is 11.2. The molecule has 2 unspecified atom stereocenters. The number of carbonyl (C=O) groups excluding carboxylic acids is 2. The zero-order valence-corrected chi connectivity index (χ0v) is 11.2. The van der Waals surface area contributed by atoms with E-state index < -0.39 is 0 Å². The Morgan fingerprint density at radius 2 is 2.18 bits per heavy atom. The number of Topliss-reactive ketones (excluding diaryl/α,β-unsaturated/α-hetero) is 2. The molecule has 0 N–H and O–H groups in total. The van der Waals surface area contributed by atoms with Gasteiger partial charge in [0.2, 0.25) is 0 Å². The molecule has 0 aromatic carbocycles. The van der Waals surface area contributed by atoms with Gasteiger partial charge < -0.3 is 4.74 Å². The standard InChI is InChI=1S/C14H24O3/c1-4-17-8-7-14(16)12-9-11(10(2)3)5-6-13(12)15/h10-12H,4-9H2,1-3H3. The topological polar surface area (TPSA) is 43.4 Å². The second kappa shape index (κ2) is 6.90. The molecule has 0 heterocycles. The number of rotatable bonds is 6. The van der Waals surface area contributed by atoms with Crippen LogP contribution in [0, 0.1) is 17.8 Å². The van der Waals surface area contributed by atoms with Crippen molar-refractivity contribution in [1.82, 2.24) is 0 Å². The fourth-order valence-corrected chi connectivity index (χ4v) is 2.46. The molecule has 1 aliphatic carbocycles. The summed E-state index contributed by atoms with van der Waals surface area (Å²) in [5.41, 5.74) is 0. The fourth-order valence-electron chi connectivity index (χ4n) is 2.46. The molecular formula is C14H24O3. The zero-order chi connectivity index (χ0) is 12.8. The number of ether oxygens (including phenoxy) is 1. The monoisotopic (exact) mass is 240 g/mol. The average Bonchev–Trinajstić information content (AvgIpc) is 2.29. The summed E-state index contributed by atoms with van der Waals surface area (Å²) in [4.78, 5) is 23.7. The molecule has 3 nitrogen and oxygen atoms in total. The molecule has 0 spiro atoms. The molecular weight excluding hydrogens is 216 g/mol. The highest BCUT2D eigenvalue weighted by Gasteiger charge is 2.34. The SMILES string of the molecule is CCOCCC(=O)C1CC(C(C)C)CCC1=O. The van der Waals surface area contributed by atoms with Crippen molar-refractivity contribution in [2.45, 2.75) is 46.5 Å². The van der Waals surface area contributed by atoms with Crippen LogP contribution in [0.2, 0.25) is 0 Å². The van der Waals surface area contributed by atoms with Crippen molar-refractivity contribution in [3.05, 3.63) is 0 Å². The van der Waals surface area contributed by atoms with E-state index in [0.717, 1.165) is 12.8 Å². The minimum atomic E-state index is -0.350. The third kappa shape index (κ3) is 4.23. The molecule has 2 atom stereocenters. The average molecular weight is 240 g/mol. The first kappa shape index (κ1) is 14.4. The smallest absolute Gasteiger partial charge is 0.145 e. The summed E-state index contributed by atoms with van der Waals surface area (Å²) in [7, 11) is 0. The maximum Gasteiger partial charge on any atom is 0.145 e. The van der Waals surface area contributed by atoms with Crippen LogP contribution >= 0.6 is 0 Å². The van der Waals surface area contributed by atoms with Crippen LogP contribution in [0.25, 0.3) is 0 Å². The summed E-state index contributed by atoms with van der Waals surface area (Å²) in [6.07, 6.45) is 2.66. The quantitative estimate of drug-likeness (QED) is 0.529. The Hall–Kier alpha value is -0.700. The van der Waals surface area contributed by atoms with Crippen molar-refractivity contribution in [2.75, 3.05) is 13.2 Å². The third-order valence-corrected chi connectivity index (χ3v) is 3.72. The summed E-state index contributed by atoms with van der Waals surface area (Å²) in [6.45, 7) is 7.32. The van der Waals surface area contributed by atoms with Crippen molar-refractivity contribution in [2.24, 2.45) is 17.8 Å². The van der Waals surface area contributed by atoms with Gasteiger partial charge in [-0.15, -0.1) is 0 Å². The van der Waals surface area contributed by atoms with Crippen molar-refractivity contribution < 1.29 is 14.3 Å². The highest BCUT2D eigenvalue weighted by Crippen LogP contribution is 2.32. The lowest BCUT2D eigenvalue weighted by molar-refractivity contribution is -0.136. The first-order valence-electron chi connectivity index (χ1n) is 6.69. The second-order valence-corrected chi connectivity index (χ2v) is 5.21. The van der Waals surface area contributed by atoms with E-state index in [4.69, 9.17) is 4.74 Å². The van der Waals surface area contributed by atoms with E-state index in [-0.39, 0.29) is 17.5 Å². The van der Waals surface area contributed by atoms with E-state index in [9.17, 15) is 9.59 Å². The molecule has 0 saturated heterocycles. The Morgan fingerprint density at radius 1 is 1.47 bits per heavy atom. The Balaban J connectivity index is 2.48. The number of hydrogen-bond acceptors (Lipinski definition) is 3. The lowest BCUT2D eigenvalue weighted by atomic mass is 9.73. The maximum atomic E-state index is 12.0. The van der Waals surface area contributed by atoms with Crippen LogP contribution in [0.4, 0.5) is 0 Å². The molecule has 1 fully saturated rings. The van der Waals surface area contributed by atoms with E-state index in [1.54, 1.807) is 0 Å². The molecule has 0 radical (unpaired) electrons. The highest BCUT2D eigenvalue weighted by atomic mass is 16.5. The highest BCUT2D eigenvalue weighted by molar-refractivity contribution is 6.02. The normalized spacial score (nSPS) is 25.3. The molecule has 17 heavy (non-hydrogen) atoms. The van der Waals surface area contributed by atoms with Gasteiger partial charge in [0.05, 0.1) is 12.5 Å². The fraction of sp³-hybridized carbons (Fsp3) is 0.857. The molecule has 1 rings (SSSR count). The van der Waals surface area contributed by atoms with E-state index in [0.29, 0.717) is 37.9 Å². The van der Waals surface area contributed by atoms with Gasteiger partial charge in [0, 0.05) is 19.4 Å². The van der Waals surface area contributed by atoms with Crippen molar-refractivity contribution >= 4 is 11.6 Å². The van der Waals surface area contributed by atoms with Gasteiger partial charge in [-0.1, -0.05) is 13.8 Å². The Bertz CT molecular complexity index is 271. The molecule has 98 valence electrons. The van der Waals surface area contributed by atoms with Crippen molar-refractivity contribution in [1.29, 1.82) is 0 Å². The minimum Gasteiger partial charge on any atom is -0.381 e. The van der Waals surface area contributed by atoms with E-state index >= 15 is 0 Å². The largest absolute Gasteiger partial charge is 0.381 e. The van der Waals surface area contributed by atoms with Gasteiger partial charge in [0.15, 0.2) is 0 Å². The molecule has 0 aromatic heterocycles. The first-order valence-corrected chi connectivity index (χ1v) is 6.69. The molecule has 1 aliphatic rings. The molecule has 0 aliphatic heterocycles. The van der Waals surface area contributed by atoms with Gasteiger partial charge in [-0.3, -0.25) is 9.59 Å². The van der Waals surface area contributed by atoms with Crippen LogP contribution < -0.4 is 0 Å². The molecule has 0 bridgehead atoms. The molecule has 0 aromatic rings. The Kier molecular flexibility index (Phi) is 5.83. The summed E-state index contributed by atoms with van der Waals surface area (Å²) in [5.74, 6) is 0.952. The van der Waals surface area contributed by atoms with Crippen LogP contribution in [0.15, 0.2) is 0 Å². The summed E-state index contributed by atoms with van der Waals surface area (Å²) in [6, 6.07) is 0. The van der Waals surface area contributed by atoms with Gasteiger partial charge in [-0.05, 0) is 31.6 Å². The van der Waals surface area contributed by atoms with E-state index in [1.807, 2.05) is 6.92 Å². The van der Waals surface area contributed by atoms with E-state index in [1.165, 1.54) is 0 Å². The maximum absolute atomic E-state index is 12.0. The van der Waals surface area contributed by atoms with Crippen LogP contribution in [0.3, 0.4) is 0 Å². The lowest BCUT2D eigenvalue weighted by Crippen LogP contribution is -2.33. The van der Waals surface area contributed by atoms with Crippen molar-refractivity contribution in [3.63, 3.8) is 0 Å². The number of carbonyl (C=O) groups is 2. The van der Waals surface area contributed by atoms with Gasteiger partial charge in [0.1, 0.15) is 11.6 Å². The van der Waals surface area contributed by atoms with Gasteiger partial charge in [-0.2, -0.15) is 0 Å².